The molecule has 0 saturated heterocycles. The fourth-order valence-corrected chi connectivity index (χ4v) is 2.01. The molecule has 2 aromatic rings. The summed E-state index contributed by atoms with van der Waals surface area (Å²) in [5.74, 6) is 0.767. The molecule has 1 aromatic heterocycles. The molecule has 5 nitrogen and oxygen atoms in total. The average Bonchev–Trinajstić information content (AvgIpc) is 2.97. The van der Waals surface area contributed by atoms with Crippen LogP contribution in [-0.2, 0) is 0 Å². The summed E-state index contributed by atoms with van der Waals surface area (Å²) in [6.45, 7) is 3.87. The maximum absolute atomic E-state index is 12.2. The Morgan fingerprint density at radius 3 is 2.64 bits per heavy atom. The fraction of sp³-hybridized carbons (Fsp3) is 0.353. The number of amides is 1. The summed E-state index contributed by atoms with van der Waals surface area (Å²) in [4.78, 5) is 12.2. The molecule has 0 aliphatic carbocycles. The van der Waals surface area contributed by atoms with Crippen molar-refractivity contribution in [1.82, 2.24) is 5.32 Å². The van der Waals surface area contributed by atoms with Gasteiger partial charge in [0, 0.05) is 18.2 Å². The topological polar surface area (TPSA) is 71.7 Å². The smallest absolute Gasteiger partial charge is 0.290 e. The highest BCUT2D eigenvalue weighted by atomic mass is 16.6. The lowest BCUT2D eigenvalue weighted by Gasteiger charge is -2.28. The number of furan rings is 1. The van der Waals surface area contributed by atoms with E-state index in [2.05, 4.69) is 5.32 Å². The first-order chi connectivity index (χ1) is 10.6. The summed E-state index contributed by atoms with van der Waals surface area (Å²) in [6, 6.07) is 12.4. The highest BCUT2D eigenvalue weighted by Gasteiger charge is 2.25. The van der Waals surface area contributed by atoms with Gasteiger partial charge in [-0.25, -0.2) is 0 Å². The zero-order valence-corrected chi connectivity index (χ0v) is 12.8. The van der Waals surface area contributed by atoms with Gasteiger partial charge in [0.1, 0.15) is 5.75 Å². The van der Waals surface area contributed by atoms with E-state index in [-0.39, 0.29) is 24.2 Å². The highest BCUT2D eigenvalue weighted by molar-refractivity contribution is 5.92. The van der Waals surface area contributed by atoms with Crippen molar-refractivity contribution < 1.29 is 19.1 Å². The number of nitrogens with one attached hydrogen (secondary N) is 1. The molecule has 118 valence electrons. The first-order valence-corrected chi connectivity index (χ1v) is 7.32. The quantitative estimate of drug-likeness (QED) is 0.822. The first kappa shape index (κ1) is 16.1. The fourth-order valence-electron chi connectivity index (χ4n) is 2.01. The van der Waals surface area contributed by atoms with Crippen molar-refractivity contribution in [2.75, 3.05) is 6.61 Å². The Morgan fingerprint density at radius 1 is 1.27 bits per heavy atom. The van der Waals surface area contributed by atoms with Crippen LogP contribution in [0.15, 0.2) is 46.9 Å². The molecule has 22 heavy (non-hydrogen) atoms. The number of carbonyl (C=O) groups excluding carboxylic acids is 1. The molecule has 1 unspecified atom stereocenters. The number of carbonyl (C=O) groups is 1. The van der Waals surface area contributed by atoms with E-state index in [1.54, 1.807) is 24.3 Å². The second-order valence-electron chi connectivity index (χ2n) is 5.38. The first-order valence-electron chi connectivity index (χ1n) is 7.32. The van der Waals surface area contributed by atoms with Crippen LogP contribution in [0.1, 0.15) is 37.2 Å². The van der Waals surface area contributed by atoms with Gasteiger partial charge in [-0.05, 0) is 38.0 Å². The van der Waals surface area contributed by atoms with Crippen LogP contribution in [0.2, 0.25) is 0 Å². The van der Waals surface area contributed by atoms with E-state index in [1.807, 2.05) is 32.0 Å². The van der Waals surface area contributed by atoms with Crippen LogP contribution in [0.4, 0.5) is 0 Å². The van der Waals surface area contributed by atoms with Gasteiger partial charge in [-0.3, -0.25) is 4.79 Å². The molecule has 1 aromatic carbocycles. The van der Waals surface area contributed by atoms with E-state index in [1.165, 1.54) is 0 Å². The van der Waals surface area contributed by atoms with Gasteiger partial charge in [0.05, 0.1) is 0 Å². The molecule has 1 heterocycles. The minimum atomic E-state index is -0.459. The molecule has 0 fully saturated rings. The van der Waals surface area contributed by atoms with Gasteiger partial charge in [-0.1, -0.05) is 25.1 Å². The van der Waals surface area contributed by atoms with E-state index in [9.17, 15) is 4.79 Å². The van der Waals surface area contributed by atoms with Crippen molar-refractivity contribution in [3.63, 3.8) is 0 Å². The molecule has 1 atom stereocenters. The van der Waals surface area contributed by atoms with E-state index in [4.69, 9.17) is 14.3 Å². The van der Waals surface area contributed by atoms with Crippen LogP contribution in [0, 0.1) is 0 Å². The predicted molar refractivity (Wildman–Crippen MR) is 83.1 cm³/mol. The van der Waals surface area contributed by atoms with Crippen molar-refractivity contribution in [3.8, 4) is 11.7 Å². The van der Waals surface area contributed by atoms with Crippen molar-refractivity contribution in [2.24, 2.45) is 0 Å². The summed E-state index contributed by atoms with van der Waals surface area (Å²) in [5, 5.41) is 12.0. The zero-order valence-electron chi connectivity index (χ0n) is 12.8. The van der Waals surface area contributed by atoms with Crippen LogP contribution < -0.4 is 10.1 Å². The van der Waals surface area contributed by atoms with Crippen LogP contribution in [0.3, 0.4) is 0 Å². The largest absolute Gasteiger partial charge is 0.426 e. The Morgan fingerprint density at radius 2 is 2.00 bits per heavy atom. The molecule has 1 amide bonds. The Bertz CT molecular complexity index is 608. The van der Waals surface area contributed by atoms with Gasteiger partial charge >= 0.3 is 0 Å². The number of para-hydroxylation sites is 1. The summed E-state index contributed by atoms with van der Waals surface area (Å²) < 4.78 is 10.9. The number of hydrogen-bond donors (Lipinski definition) is 2. The van der Waals surface area contributed by atoms with Gasteiger partial charge in [-0.2, -0.15) is 0 Å². The molecule has 0 aliphatic heterocycles. The van der Waals surface area contributed by atoms with Crippen molar-refractivity contribution in [2.45, 2.75) is 32.2 Å². The molecule has 2 rings (SSSR count). The number of aliphatic hydroxyl groups is 1. The van der Waals surface area contributed by atoms with E-state index in [0.717, 1.165) is 0 Å². The molecular formula is C17H21NO4. The average molecular weight is 303 g/mol. The maximum Gasteiger partial charge on any atom is 0.290 e. The third kappa shape index (κ3) is 4.11. The number of rotatable bonds is 7. The van der Waals surface area contributed by atoms with E-state index >= 15 is 0 Å². The Hall–Kier alpha value is -2.27. The highest BCUT2D eigenvalue weighted by Crippen LogP contribution is 2.24. The monoisotopic (exact) mass is 303 g/mol. The van der Waals surface area contributed by atoms with Crippen molar-refractivity contribution in [3.05, 3.63) is 48.2 Å². The second kappa shape index (κ2) is 7.13. The van der Waals surface area contributed by atoms with E-state index < -0.39 is 5.54 Å². The van der Waals surface area contributed by atoms with Crippen molar-refractivity contribution >= 4 is 5.91 Å². The summed E-state index contributed by atoms with van der Waals surface area (Å²) in [5.41, 5.74) is -0.459. The lowest BCUT2D eigenvalue weighted by atomic mass is 9.95. The van der Waals surface area contributed by atoms with Crippen LogP contribution in [-0.4, -0.2) is 23.2 Å². The minimum absolute atomic E-state index is 0.0190. The summed E-state index contributed by atoms with van der Waals surface area (Å²) in [6.07, 6.45) is 1.21. The molecule has 0 bridgehead atoms. The molecule has 0 aliphatic rings. The van der Waals surface area contributed by atoms with Gasteiger partial charge < -0.3 is 19.6 Å². The third-order valence-electron chi connectivity index (χ3n) is 3.63. The zero-order chi connectivity index (χ0) is 16.0. The van der Waals surface area contributed by atoms with Crippen molar-refractivity contribution in [1.29, 1.82) is 0 Å². The molecule has 0 radical (unpaired) electrons. The minimum Gasteiger partial charge on any atom is -0.426 e. The Balaban J connectivity index is 2.03. The van der Waals surface area contributed by atoms with Gasteiger partial charge in [-0.15, -0.1) is 0 Å². The Kier molecular flexibility index (Phi) is 5.22. The third-order valence-corrected chi connectivity index (χ3v) is 3.63. The molecule has 0 saturated carbocycles. The molecule has 0 spiro atoms. The van der Waals surface area contributed by atoms with Crippen LogP contribution >= 0.6 is 0 Å². The number of ether oxygens (including phenoxy) is 1. The summed E-state index contributed by atoms with van der Waals surface area (Å²) >= 11 is 0. The van der Waals surface area contributed by atoms with Gasteiger partial charge in [0.25, 0.3) is 11.9 Å². The lowest BCUT2D eigenvalue weighted by molar-refractivity contribution is 0.0852. The number of aliphatic hydroxyl groups excluding tert-OH is 1. The number of hydrogen-bond acceptors (Lipinski definition) is 4. The maximum atomic E-state index is 12.2. The second-order valence-corrected chi connectivity index (χ2v) is 5.38. The van der Waals surface area contributed by atoms with Crippen LogP contribution in [0.5, 0.6) is 11.7 Å². The number of benzene rings is 1. The predicted octanol–water partition coefficient (Wildman–Crippen LogP) is 3.35. The van der Waals surface area contributed by atoms with Crippen LogP contribution in [0.25, 0.3) is 0 Å². The Labute approximate surface area is 129 Å². The molecule has 5 heteroatoms. The summed E-state index contributed by atoms with van der Waals surface area (Å²) in [7, 11) is 0. The van der Waals surface area contributed by atoms with Gasteiger partial charge in [0.2, 0.25) is 0 Å². The SMILES string of the molecule is CCC(C)(CCO)NC(=O)c1ccc(Oc2ccccc2)o1. The molecule has 2 N–H and O–H groups in total. The molecular weight excluding hydrogens is 282 g/mol. The standard InChI is InChI=1S/C17H21NO4/c1-3-17(2,11-12-19)18-16(20)14-9-10-15(22-14)21-13-7-5-4-6-8-13/h4-10,19H,3,11-12H2,1-2H3,(H,18,20). The van der Waals surface area contributed by atoms with Gasteiger partial charge in [0.15, 0.2) is 5.76 Å². The normalized spacial score (nSPS) is 13.4. The lowest BCUT2D eigenvalue weighted by Crippen LogP contribution is -2.46. The van der Waals surface area contributed by atoms with E-state index in [0.29, 0.717) is 18.6 Å².